The Kier molecular flexibility index (Phi) is 5.92. The van der Waals surface area contributed by atoms with Gasteiger partial charge >= 0.3 is 0 Å². The number of aliphatic hydroxyl groups excluding tert-OH is 1. The van der Waals surface area contributed by atoms with Crippen LogP contribution in [0, 0.1) is 5.92 Å². The lowest BCUT2D eigenvalue weighted by atomic mass is 9.82. The predicted molar refractivity (Wildman–Crippen MR) is 123 cm³/mol. The van der Waals surface area contributed by atoms with Gasteiger partial charge in [-0.3, -0.25) is 4.79 Å². The van der Waals surface area contributed by atoms with Crippen molar-refractivity contribution in [1.29, 1.82) is 0 Å². The fourth-order valence-electron chi connectivity index (χ4n) is 4.06. The zero-order valence-electron chi connectivity index (χ0n) is 16.7. The summed E-state index contributed by atoms with van der Waals surface area (Å²) in [5.41, 5.74) is 7.65. The summed E-state index contributed by atoms with van der Waals surface area (Å²) in [6.07, 6.45) is 3.74. The maximum absolute atomic E-state index is 11.2. The average molecular weight is 396 g/mol. The summed E-state index contributed by atoms with van der Waals surface area (Å²) in [6.45, 7) is -0.0402. The van der Waals surface area contributed by atoms with Gasteiger partial charge in [0.25, 0.3) is 0 Å². The van der Waals surface area contributed by atoms with Crippen molar-refractivity contribution in [3.05, 3.63) is 108 Å². The first-order valence-corrected chi connectivity index (χ1v) is 10.2. The third-order valence-corrected chi connectivity index (χ3v) is 5.66. The van der Waals surface area contributed by atoms with E-state index in [1.807, 2.05) is 24.3 Å². The molecule has 1 unspecified atom stereocenters. The fraction of sp³-hybridized carbons (Fsp3) is 0.148. The van der Waals surface area contributed by atoms with E-state index in [-0.39, 0.29) is 18.4 Å². The van der Waals surface area contributed by atoms with Crippen molar-refractivity contribution in [3.8, 4) is 0 Å². The Labute approximate surface area is 176 Å². The summed E-state index contributed by atoms with van der Waals surface area (Å²) in [5.74, 6) is -0.587. The van der Waals surface area contributed by atoms with Gasteiger partial charge < -0.3 is 10.8 Å². The van der Waals surface area contributed by atoms with Gasteiger partial charge in [0.15, 0.2) is 0 Å². The first-order chi connectivity index (χ1) is 14.6. The van der Waals surface area contributed by atoms with Crippen molar-refractivity contribution in [2.75, 3.05) is 6.61 Å². The first kappa shape index (κ1) is 19.9. The van der Waals surface area contributed by atoms with Crippen LogP contribution in [-0.2, 0) is 4.79 Å². The highest BCUT2D eigenvalue weighted by Gasteiger charge is 2.19. The minimum Gasteiger partial charge on any atom is -0.396 e. The lowest BCUT2D eigenvalue weighted by Crippen LogP contribution is -2.13. The monoisotopic (exact) mass is 395 g/mol. The molecule has 150 valence electrons. The highest BCUT2D eigenvalue weighted by atomic mass is 16.3. The molecule has 0 saturated carbocycles. The van der Waals surface area contributed by atoms with Crippen LogP contribution in [0.25, 0.3) is 21.5 Å². The van der Waals surface area contributed by atoms with Crippen LogP contribution in [-0.4, -0.2) is 17.6 Å². The smallest absolute Gasteiger partial charge is 0.241 e. The number of aliphatic hydroxyl groups is 1. The second kappa shape index (κ2) is 8.93. The average Bonchev–Trinajstić information content (AvgIpc) is 2.78. The second-order valence-corrected chi connectivity index (χ2v) is 7.71. The Morgan fingerprint density at radius 1 is 0.800 bits per heavy atom. The number of hydrogen-bond acceptors (Lipinski definition) is 2. The molecule has 0 aliphatic rings. The molecule has 3 N–H and O–H groups in total. The molecule has 0 radical (unpaired) electrons. The van der Waals surface area contributed by atoms with Crippen LogP contribution in [0.2, 0.25) is 0 Å². The molecular weight excluding hydrogens is 370 g/mol. The second-order valence-electron chi connectivity index (χ2n) is 7.71. The Hall–Kier alpha value is -3.43. The van der Waals surface area contributed by atoms with Crippen LogP contribution in [0.15, 0.2) is 97.1 Å². The molecule has 1 atom stereocenters. The SMILES string of the molecule is NC(=O)/C=C/C(CO)CC(c1ccc2ccccc2c1)c1ccc2ccccc2c1. The molecule has 1 amide bonds. The van der Waals surface area contributed by atoms with Crippen molar-refractivity contribution in [3.63, 3.8) is 0 Å². The molecule has 0 aliphatic heterocycles. The van der Waals surface area contributed by atoms with E-state index in [0.717, 1.165) is 0 Å². The summed E-state index contributed by atoms with van der Waals surface area (Å²) in [6, 6.07) is 29.7. The zero-order chi connectivity index (χ0) is 20.9. The number of hydrogen-bond donors (Lipinski definition) is 2. The Morgan fingerprint density at radius 3 is 1.77 bits per heavy atom. The number of nitrogens with two attached hydrogens (primary N) is 1. The molecule has 0 saturated heterocycles. The van der Waals surface area contributed by atoms with Crippen LogP contribution < -0.4 is 5.73 Å². The molecule has 4 aromatic rings. The molecule has 0 bridgehead atoms. The van der Waals surface area contributed by atoms with Gasteiger partial charge in [-0.15, -0.1) is 0 Å². The number of primary amides is 1. The van der Waals surface area contributed by atoms with E-state index in [1.165, 1.54) is 38.7 Å². The highest BCUT2D eigenvalue weighted by Crippen LogP contribution is 2.34. The fourth-order valence-corrected chi connectivity index (χ4v) is 4.06. The van der Waals surface area contributed by atoms with Crippen molar-refractivity contribution < 1.29 is 9.90 Å². The van der Waals surface area contributed by atoms with Crippen LogP contribution in [0.5, 0.6) is 0 Å². The van der Waals surface area contributed by atoms with Crippen molar-refractivity contribution in [2.24, 2.45) is 11.7 Å². The standard InChI is InChI=1S/C27H25NO2/c28-27(30)14-9-19(18-29)15-26(24-12-10-20-5-1-3-7-22(20)16-24)25-13-11-21-6-2-4-8-23(21)17-25/h1-14,16-17,19,26,29H,15,18H2,(H2,28,30)/b14-9+. The summed E-state index contributed by atoms with van der Waals surface area (Å²) < 4.78 is 0. The molecule has 4 rings (SSSR count). The third-order valence-electron chi connectivity index (χ3n) is 5.66. The lowest BCUT2D eigenvalue weighted by molar-refractivity contribution is -0.113. The van der Waals surface area contributed by atoms with Gasteiger partial charge in [-0.05, 0) is 45.2 Å². The van der Waals surface area contributed by atoms with Gasteiger partial charge in [0.1, 0.15) is 0 Å². The number of benzene rings is 4. The summed E-state index contributed by atoms with van der Waals surface area (Å²) in [7, 11) is 0. The van der Waals surface area contributed by atoms with Crippen LogP contribution in [0.4, 0.5) is 0 Å². The van der Waals surface area contributed by atoms with Gasteiger partial charge in [-0.2, -0.15) is 0 Å². The van der Waals surface area contributed by atoms with Crippen LogP contribution >= 0.6 is 0 Å². The van der Waals surface area contributed by atoms with E-state index in [1.54, 1.807) is 6.08 Å². The van der Waals surface area contributed by atoms with E-state index in [9.17, 15) is 9.90 Å². The Bertz CT molecular complexity index is 1130. The molecule has 3 nitrogen and oxygen atoms in total. The molecular formula is C27H25NO2. The summed E-state index contributed by atoms with van der Waals surface area (Å²) in [5, 5.41) is 14.7. The van der Waals surface area contributed by atoms with Crippen LogP contribution in [0.3, 0.4) is 0 Å². The van der Waals surface area contributed by atoms with Gasteiger partial charge in [0, 0.05) is 18.4 Å². The molecule has 0 spiro atoms. The highest BCUT2D eigenvalue weighted by molar-refractivity contribution is 5.86. The lowest BCUT2D eigenvalue weighted by Gasteiger charge is -2.22. The molecule has 0 fully saturated rings. The normalized spacial score (nSPS) is 12.7. The minimum absolute atomic E-state index is 0.0402. The molecule has 0 heterocycles. The van der Waals surface area contributed by atoms with E-state index in [2.05, 4.69) is 60.7 Å². The maximum atomic E-state index is 11.2. The molecule has 3 heteroatoms. The largest absolute Gasteiger partial charge is 0.396 e. The summed E-state index contributed by atoms with van der Waals surface area (Å²) in [4.78, 5) is 11.2. The van der Waals surface area contributed by atoms with E-state index in [4.69, 9.17) is 5.73 Å². The number of rotatable bonds is 7. The van der Waals surface area contributed by atoms with Gasteiger partial charge in [-0.1, -0.05) is 91.0 Å². The molecule has 4 aromatic carbocycles. The topological polar surface area (TPSA) is 63.3 Å². The van der Waals surface area contributed by atoms with E-state index >= 15 is 0 Å². The summed E-state index contributed by atoms with van der Waals surface area (Å²) >= 11 is 0. The van der Waals surface area contributed by atoms with Crippen LogP contribution in [0.1, 0.15) is 23.5 Å². The maximum Gasteiger partial charge on any atom is 0.241 e. The number of fused-ring (bicyclic) bond motifs is 2. The first-order valence-electron chi connectivity index (χ1n) is 10.2. The zero-order valence-corrected chi connectivity index (χ0v) is 16.7. The quantitative estimate of drug-likeness (QED) is 0.424. The Balaban J connectivity index is 1.78. The van der Waals surface area contributed by atoms with Gasteiger partial charge in [0.2, 0.25) is 5.91 Å². The number of amides is 1. The molecule has 0 aliphatic carbocycles. The van der Waals surface area contributed by atoms with Crippen molar-refractivity contribution in [2.45, 2.75) is 12.3 Å². The van der Waals surface area contributed by atoms with E-state index < -0.39 is 5.91 Å². The van der Waals surface area contributed by atoms with Crippen molar-refractivity contribution in [1.82, 2.24) is 0 Å². The third kappa shape index (κ3) is 4.42. The number of carbonyl (C=O) groups excluding carboxylic acids is 1. The Morgan fingerprint density at radius 2 is 1.30 bits per heavy atom. The van der Waals surface area contributed by atoms with Gasteiger partial charge in [0.05, 0.1) is 0 Å². The minimum atomic E-state index is -0.499. The van der Waals surface area contributed by atoms with Crippen molar-refractivity contribution >= 4 is 27.5 Å². The van der Waals surface area contributed by atoms with E-state index in [0.29, 0.717) is 6.42 Å². The number of carbonyl (C=O) groups is 1. The molecule has 30 heavy (non-hydrogen) atoms. The predicted octanol–water partition coefficient (Wildman–Crippen LogP) is 5.17. The molecule has 0 aromatic heterocycles. The van der Waals surface area contributed by atoms with Gasteiger partial charge in [-0.25, -0.2) is 0 Å².